The molecule has 2 rings (SSSR count). The molecule has 1 saturated carbocycles. The molecule has 1 amide bonds. The average molecular weight is 338 g/mol. The van der Waals surface area contributed by atoms with Gasteiger partial charge in [-0.3, -0.25) is 10.1 Å². The highest BCUT2D eigenvalue weighted by atomic mass is 16.5. The van der Waals surface area contributed by atoms with Gasteiger partial charge in [0.2, 0.25) is 11.8 Å². The third-order valence-electron chi connectivity index (χ3n) is 4.59. The molecule has 0 spiro atoms. The lowest BCUT2D eigenvalue weighted by molar-refractivity contribution is -0.123. The maximum atomic E-state index is 12.1. The molecule has 0 atom stereocenters. The van der Waals surface area contributed by atoms with Crippen LogP contribution in [-0.2, 0) is 19.7 Å². The van der Waals surface area contributed by atoms with E-state index in [0.717, 1.165) is 31.4 Å². The fourth-order valence-corrected chi connectivity index (χ4v) is 3.00. The van der Waals surface area contributed by atoms with Gasteiger partial charge in [-0.2, -0.15) is 0 Å². The maximum absolute atomic E-state index is 12.1. The lowest BCUT2D eigenvalue weighted by Crippen LogP contribution is -2.35. The third-order valence-corrected chi connectivity index (χ3v) is 4.59. The van der Waals surface area contributed by atoms with Crippen molar-refractivity contribution in [2.75, 3.05) is 32.2 Å². The van der Waals surface area contributed by atoms with Crippen LogP contribution in [0.4, 0.5) is 5.88 Å². The van der Waals surface area contributed by atoms with E-state index >= 15 is 0 Å². The number of hydrogen-bond acceptors (Lipinski definition) is 5. The molecule has 6 heteroatoms. The number of nitrogens with zero attached hydrogens (tertiary/aromatic N) is 1. The molecule has 0 aromatic carbocycles. The number of amides is 1. The van der Waals surface area contributed by atoms with Crippen molar-refractivity contribution in [2.45, 2.75) is 58.3 Å². The Kier molecular flexibility index (Phi) is 6.40. The van der Waals surface area contributed by atoms with Crippen LogP contribution in [-0.4, -0.2) is 38.0 Å². The van der Waals surface area contributed by atoms with Crippen molar-refractivity contribution in [3.8, 4) is 0 Å². The van der Waals surface area contributed by atoms with Gasteiger partial charge in [0.1, 0.15) is 0 Å². The average Bonchev–Trinajstić information content (AvgIpc) is 3.01. The Morgan fingerprint density at radius 2 is 2.00 bits per heavy atom. The van der Waals surface area contributed by atoms with Crippen molar-refractivity contribution in [1.29, 1.82) is 0 Å². The number of aromatic nitrogens is 1. The first-order chi connectivity index (χ1) is 11.4. The lowest BCUT2D eigenvalue weighted by atomic mass is 9.72. The van der Waals surface area contributed by atoms with Crippen LogP contribution in [0.5, 0.6) is 0 Å². The van der Waals surface area contributed by atoms with E-state index in [1.807, 2.05) is 26.8 Å². The summed E-state index contributed by atoms with van der Waals surface area (Å²) in [5.41, 5.74) is 0.280. The van der Waals surface area contributed by atoms with E-state index in [2.05, 4.69) is 10.5 Å². The van der Waals surface area contributed by atoms with E-state index < -0.39 is 5.41 Å². The van der Waals surface area contributed by atoms with E-state index in [9.17, 15) is 4.79 Å². The quantitative estimate of drug-likeness (QED) is 0.770. The number of anilines is 1. The fourth-order valence-electron chi connectivity index (χ4n) is 3.00. The molecular weight excluding hydrogens is 308 g/mol. The molecule has 1 aromatic heterocycles. The number of ether oxygens (including phenoxy) is 2. The summed E-state index contributed by atoms with van der Waals surface area (Å²) < 4.78 is 16.2. The molecular formula is C18H30N2O4. The molecule has 1 aliphatic rings. The Morgan fingerprint density at radius 3 is 2.62 bits per heavy atom. The van der Waals surface area contributed by atoms with Crippen LogP contribution in [0.25, 0.3) is 0 Å². The highest BCUT2D eigenvalue weighted by Crippen LogP contribution is 2.40. The molecule has 1 fully saturated rings. The number of hydrogen-bond donors (Lipinski definition) is 1. The van der Waals surface area contributed by atoms with Gasteiger partial charge in [-0.05, 0) is 12.8 Å². The van der Waals surface area contributed by atoms with E-state index in [-0.39, 0.29) is 11.3 Å². The summed E-state index contributed by atoms with van der Waals surface area (Å²) in [6.07, 6.45) is 5.61. The summed E-state index contributed by atoms with van der Waals surface area (Å²) in [5, 5.41) is 7.05. The van der Waals surface area contributed by atoms with Crippen LogP contribution in [0, 0.1) is 5.41 Å². The number of carbonyl (C=O) groups is 1. The number of rotatable bonds is 7. The SMILES string of the molecule is COCCOCC1(c2cc(NC(=O)C(C)(C)C)on2)CCCCC1. The second-order valence-corrected chi connectivity index (χ2v) is 7.67. The fraction of sp³-hybridized carbons (Fsp3) is 0.778. The minimum Gasteiger partial charge on any atom is -0.382 e. The second kappa shape index (κ2) is 8.12. The van der Waals surface area contributed by atoms with Gasteiger partial charge in [-0.15, -0.1) is 0 Å². The summed E-state index contributed by atoms with van der Waals surface area (Å²) in [6, 6.07) is 1.86. The maximum Gasteiger partial charge on any atom is 0.232 e. The smallest absolute Gasteiger partial charge is 0.232 e. The molecule has 24 heavy (non-hydrogen) atoms. The summed E-state index contributed by atoms with van der Waals surface area (Å²) >= 11 is 0. The highest BCUT2D eigenvalue weighted by molar-refractivity contribution is 5.93. The molecule has 1 aromatic rings. The summed E-state index contributed by atoms with van der Waals surface area (Å²) in [7, 11) is 1.67. The lowest BCUT2D eigenvalue weighted by Gasteiger charge is -2.35. The third kappa shape index (κ3) is 4.80. The van der Waals surface area contributed by atoms with Crippen LogP contribution >= 0.6 is 0 Å². The molecule has 0 bridgehead atoms. The molecule has 1 aliphatic carbocycles. The standard InChI is InChI=1S/C18H30N2O4/c1-17(2,3)16(21)19-15-12-14(20-24-15)18(8-6-5-7-9-18)13-23-11-10-22-4/h12H,5-11,13H2,1-4H3,(H,19,21). The Morgan fingerprint density at radius 1 is 1.29 bits per heavy atom. The van der Waals surface area contributed by atoms with Gasteiger partial charge in [-0.1, -0.05) is 45.2 Å². The van der Waals surface area contributed by atoms with Gasteiger partial charge in [0.25, 0.3) is 0 Å². The number of nitrogens with one attached hydrogen (secondary N) is 1. The number of methoxy groups -OCH3 is 1. The van der Waals surface area contributed by atoms with Crippen LogP contribution in [0.3, 0.4) is 0 Å². The Balaban J connectivity index is 2.08. The van der Waals surface area contributed by atoms with Crippen LogP contribution in [0.1, 0.15) is 58.6 Å². The molecule has 136 valence electrons. The molecule has 1 N–H and O–H groups in total. The molecule has 0 radical (unpaired) electrons. The predicted molar refractivity (Wildman–Crippen MR) is 92.0 cm³/mol. The monoisotopic (exact) mass is 338 g/mol. The van der Waals surface area contributed by atoms with E-state index in [0.29, 0.717) is 25.7 Å². The Labute approximate surface area is 144 Å². The number of carbonyl (C=O) groups excluding carboxylic acids is 1. The molecule has 0 aliphatic heterocycles. The van der Waals surface area contributed by atoms with Gasteiger partial charge in [0.05, 0.1) is 25.5 Å². The van der Waals surface area contributed by atoms with Crippen LogP contribution < -0.4 is 5.32 Å². The minimum atomic E-state index is -0.473. The first kappa shape index (κ1) is 18.9. The Hall–Kier alpha value is -1.40. The van der Waals surface area contributed by atoms with E-state index in [4.69, 9.17) is 14.0 Å². The van der Waals surface area contributed by atoms with Gasteiger partial charge in [0.15, 0.2) is 0 Å². The first-order valence-corrected chi connectivity index (χ1v) is 8.73. The van der Waals surface area contributed by atoms with E-state index in [1.165, 1.54) is 6.42 Å². The first-order valence-electron chi connectivity index (χ1n) is 8.73. The Bertz CT molecular complexity index is 527. The van der Waals surface area contributed by atoms with Crippen molar-refractivity contribution in [3.63, 3.8) is 0 Å². The zero-order valence-electron chi connectivity index (χ0n) is 15.3. The van der Waals surface area contributed by atoms with Crippen molar-refractivity contribution < 1.29 is 18.8 Å². The minimum absolute atomic E-state index is 0.0840. The largest absolute Gasteiger partial charge is 0.382 e. The van der Waals surface area contributed by atoms with Gasteiger partial charge in [-0.25, -0.2) is 0 Å². The molecule has 0 saturated heterocycles. The van der Waals surface area contributed by atoms with Crippen molar-refractivity contribution in [2.24, 2.45) is 5.41 Å². The predicted octanol–water partition coefficient (Wildman–Crippen LogP) is 3.52. The van der Waals surface area contributed by atoms with Crippen LogP contribution in [0.15, 0.2) is 10.6 Å². The topological polar surface area (TPSA) is 73.6 Å². The summed E-state index contributed by atoms with van der Waals surface area (Å²) in [4.78, 5) is 12.1. The van der Waals surface area contributed by atoms with Gasteiger partial charge in [0, 0.05) is 24.0 Å². The molecule has 1 heterocycles. The van der Waals surface area contributed by atoms with Gasteiger partial charge < -0.3 is 14.0 Å². The second-order valence-electron chi connectivity index (χ2n) is 7.67. The van der Waals surface area contributed by atoms with Crippen molar-refractivity contribution >= 4 is 11.8 Å². The summed E-state index contributed by atoms with van der Waals surface area (Å²) in [6.45, 7) is 7.37. The van der Waals surface area contributed by atoms with Crippen molar-refractivity contribution in [3.05, 3.63) is 11.8 Å². The van der Waals surface area contributed by atoms with E-state index in [1.54, 1.807) is 7.11 Å². The zero-order valence-corrected chi connectivity index (χ0v) is 15.3. The molecule has 6 nitrogen and oxygen atoms in total. The van der Waals surface area contributed by atoms with Crippen LogP contribution in [0.2, 0.25) is 0 Å². The summed E-state index contributed by atoms with van der Waals surface area (Å²) in [5.74, 6) is 0.325. The highest BCUT2D eigenvalue weighted by Gasteiger charge is 2.37. The molecule has 0 unspecified atom stereocenters. The zero-order chi connectivity index (χ0) is 17.6. The van der Waals surface area contributed by atoms with Crippen molar-refractivity contribution in [1.82, 2.24) is 5.16 Å². The normalized spacial score (nSPS) is 17.7. The van der Waals surface area contributed by atoms with Gasteiger partial charge >= 0.3 is 0 Å².